The van der Waals surface area contributed by atoms with Crippen LogP contribution >= 0.6 is 23.8 Å². The van der Waals surface area contributed by atoms with Gasteiger partial charge in [0.15, 0.2) is 0 Å². The molecule has 5 N–H and O–H groups in total. The van der Waals surface area contributed by atoms with Crippen molar-refractivity contribution in [1.82, 2.24) is 0 Å². The number of anilines is 3. The van der Waals surface area contributed by atoms with Gasteiger partial charge in [-0.15, -0.1) is 0 Å². The minimum atomic E-state index is -1.51. The zero-order chi connectivity index (χ0) is 35.5. The first-order chi connectivity index (χ1) is 22.5. The van der Waals surface area contributed by atoms with Crippen LogP contribution in [0.3, 0.4) is 0 Å². The number of halogens is 1. The molecule has 0 aliphatic heterocycles. The highest BCUT2D eigenvalue weighted by molar-refractivity contribution is 7.80. The normalized spacial score (nSPS) is 16.0. The van der Waals surface area contributed by atoms with Gasteiger partial charge in [-0.25, -0.2) is 9.59 Å². The summed E-state index contributed by atoms with van der Waals surface area (Å²) in [5.74, 6) is 1.17. The fourth-order valence-corrected chi connectivity index (χ4v) is 5.70. The van der Waals surface area contributed by atoms with E-state index >= 15 is 0 Å². The third kappa shape index (κ3) is 14.6. The summed E-state index contributed by atoms with van der Waals surface area (Å²) in [4.78, 5) is 24.2. The van der Waals surface area contributed by atoms with E-state index in [1.807, 2.05) is 57.2 Å². The van der Waals surface area contributed by atoms with Crippen LogP contribution in [0.4, 0.5) is 26.7 Å². The van der Waals surface area contributed by atoms with E-state index in [4.69, 9.17) is 43.3 Å². The van der Waals surface area contributed by atoms with Crippen molar-refractivity contribution in [2.45, 2.75) is 90.8 Å². The summed E-state index contributed by atoms with van der Waals surface area (Å²) in [5.41, 5.74) is 2.87. The lowest BCUT2D eigenvalue weighted by molar-refractivity contribution is 0.0624. The van der Waals surface area contributed by atoms with Crippen molar-refractivity contribution in [2.75, 3.05) is 16.0 Å². The SMILES string of the molecule is CC(C)(C)OC(=O)Nc1ccc(B(O)O)cc1.CC(C)(C)OC(=O)Nc1ccc(C2CCC(CC(=S)Nc3cccc(Cl)c3)CC2)cc1. The van der Waals surface area contributed by atoms with Crippen LogP contribution in [0.1, 0.15) is 85.1 Å². The number of benzene rings is 3. The second-order valence-corrected chi connectivity index (χ2v) is 14.8. The molecule has 0 aromatic heterocycles. The van der Waals surface area contributed by atoms with Crippen LogP contribution in [-0.2, 0) is 9.47 Å². The third-order valence-corrected chi connectivity index (χ3v) is 7.81. The second-order valence-electron chi connectivity index (χ2n) is 13.9. The minimum absolute atomic E-state index is 0.361. The molecule has 3 aromatic carbocycles. The topological polar surface area (TPSA) is 129 Å². The Hall–Kier alpha value is -3.64. The van der Waals surface area contributed by atoms with Crippen molar-refractivity contribution in [3.05, 3.63) is 83.4 Å². The number of carbonyl (C=O) groups excluding carboxylic acids is 2. The molecule has 48 heavy (non-hydrogen) atoms. The van der Waals surface area contributed by atoms with Gasteiger partial charge in [0, 0.05) is 28.5 Å². The smallest absolute Gasteiger partial charge is 0.444 e. The van der Waals surface area contributed by atoms with Crippen molar-refractivity contribution in [1.29, 1.82) is 0 Å². The van der Waals surface area contributed by atoms with E-state index in [9.17, 15) is 9.59 Å². The molecule has 258 valence electrons. The van der Waals surface area contributed by atoms with Gasteiger partial charge in [-0.1, -0.05) is 54.2 Å². The van der Waals surface area contributed by atoms with Crippen LogP contribution in [0.15, 0.2) is 72.8 Å². The fourth-order valence-electron chi connectivity index (χ4n) is 5.16. The number of nitrogens with one attached hydrogen (secondary N) is 3. The molecule has 12 heteroatoms. The Balaban J connectivity index is 0.000000311. The van der Waals surface area contributed by atoms with Crippen LogP contribution in [0.5, 0.6) is 0 Å². The Morgan fingerprint density at radius 2 is 1.27 bits per heavy atom. The summed E-state index contributed by atoms with van der Waals surface area (Å²) in [6.45, 7) is 10.9. The molecule has 1 aliphatic carbocycles. The van der Waals surface area contributed by atoms with Crippen molar-refractivity contribution in [2.24, 2.45) is 5.92 Å². The highest BCUT2D eigenvalue weighted by Crippen LogP contribution is 2.37. The number of amides is 2. The Morgan fingerprint density at radius 1 is 0.771 bits per heavy atom. The zero-order valence-electron chi connectivity index (χ0n) is 28.5. The molecule has 0 atom stereocenters. The summed E-state index contributed by atoms with van der Waals surface area (Å²) >= 11 is 11.6. The highest BCUT2D eigenvalue weighted by atomic mass is 35.5. The van der Waals surface area contributed by atoms with Crippen LogP contribution in [0, 0.1) is 5.92 Å². The molecule has 0 unspecified atom stereocenters. The summed E-state index contributed by atoms with van der Waals surface area (Å²) in [6.07, 6.45) is 4.58. The fraction of sp³-hybridized carbons (Fsp3) is 0.417. The molecule has 9 nitrogen and oxygen atoms in total. The Bertz CT molecular complexity index is 1500. The maximum atomic E-state index is 11.9. The maximum absolute atomic E-state index is 11.9. The average molecular weight is 696 g/mol. The van der Waals surface area contributed by atoms with Crippen molar-refractivity contribution < 1.29 is 29.1 Å². The van der Waals surface area contributed by atoms with Crippen molar-refractivity contribution in [3.63, 3.8) is 0 Å². The first kappa shape index (κ1) is 38.8. The van der Waals surface area contributed by atoms with Gasteiger partial charge in [-0.05, 0) is 133 Å². The zero-order valence-corrected chi connectivity index (χ0v) is 30.1. The maximum Gasteiger partial charge on any atom is 0.488 e. The van der Waals surface area contributed by atoms with E-state index in [1.165, 1.54) is 30.5 Å². The van der Waals surface area contributed by atoms with E-state index in [-0.39, 0.29) is 0 Å². The molecule has 1 fully saturated rings. The molecular weight excluding hydrogens is 649 g/mol. The number of rotatable bonds is 7. The average Bonchev–Trinajstić information content (AvgIpc) is 2.96. The number of thiocarbonyl (C=S) groups is 1. The first-order valence-electron chi connectivity index (χ1n) is 16.1. The molecule has 0 saturated heterocycles. The lowest BCUT2D eigenvalue weighted by Crippen LogP contribution is -2.30. The Kier molecular flexibility index (Phi) is 14.3. The summed E-state index contributed by atoms with van der Waals surface area (Å²) in [6, 6.07) is 22.0. The minimum Gasteiger partial charge on any atom is -0.444 e. The van der Waals surface area contributed by atoms with E-state index in [1.54, 1.807) is 32.9 Å². The molecule has 0 radical (unpaired) electrons. The van der Waals surface area contributed by atoms with Crippen LogP contribution in [0.25, 0.3) is 0 Å². The first-order valence-corrected chi connectivity index (χ1v) is 16.9. The summed E-state index contributed by atoms with van der Waals surface area (Å²) in [5, 5.41) is 27.1. The molecular formula is C36H47BClN3O6S. The summed E-state index contributed by atoms with van der Waals surface area (Å²) in [7, 11) is -1.51. The standard InChI is InChI=1S/C25H31ClN2O2S.C11H16BNO4/c1-25(2,3)30-24(29)28-21-13-11-19(12-14-21)18-9-7-17(8-10-18)15-23(31)27-22-6-4-5-20(26)16-22;1-11(2,3)17-10(14)13-9-6-4-8(5-7-9)12(15)16/h4-6,11-14,16-18H,7-10,15H2,1-3H3,(H,27,31)(H,28,29);4-7,15-16H,1-3H3,(H,13,14). The third-order valence-electron chi connectivity index (χ3n) is 7.31. The summed E-state index contributed by atoms with van der Waals surface area (Å²) < 4.78 is 10.4. The van der Waals surface area contributed by atoms with Gasteiger partial charge in [0.25, 0.3) is 0 Å². The van der Waals surface area contributed by atoms with Gasteiger partial charge in [-0.2, -0.15) is 0 Å². The molecule has 2 amide bonds. The van der Waals surface area contributed by atoms with E-state index < -0.39 is 30.5 Å². The van der Waals surface area contributed by atoms with E-state index in [0.29, 0.717) is 28.0 Å². The van der Waals surface area contributed by atoms with Gasteiger partial charge < -0.3 is 24.8 Å². The highest BCUT2D eigenvalue weighted by Gasteiger charge is 2.24. The quantitative estimate of drug-likeness (QED) is 0.123. The van der Waals surface area contributed by atoms with Gasteiger partial charge >= 0.3 is 19.3 Å². The van der Waals surface area contributed by atoms with Crippen molar-refractivity contribution >= 4 is 70.6 Å². The van der Waals surface area contributed by atoms with Crippen LogP contribution < -0.4 is 21.4 Å². The molecule has 4 rings (SSSR count). The molecule has 1 aliphatic rings. The predicted molar refractivity (Wildman–Crippen MR) is 199 cm³/mol. The van der Waals surface area contributed by atoms with Gasteiger partial charge in [-0.3, -0.25) is 10.6 Å². The number of hydrogen-bond acceptors (Lipinski definition) is 7. The van der Waals surface area contributed by atoms with E-state index in [0.717, 1.165) is 35.6 Å². The predicted octanol–water partition coefficient (Wildman–Crippen LogP) is 8.50. The molecule has 0 spiro atoms. The van der Waals surface area contributed by atoms with Gasteiger partial charge in [0.2, 0.25) is 0 Å². The molecule has 3 aromatic rings. The molecule has 1 saturated carbocycles. The monoisotopic (exact) mass is 695 g/mol. The Labute approximate surface area is 294 Å². The van der Waals surface area contributed by atoms with Crippen LogP contribution in [-0.4, -0.2) is 45.5 Å². The largest absolute Gasteiger partial charge is 0.488 e. The van der Waals surface area contributed by atoms with E-state index in [2.05, 4.69) is 28.1 Å². The van der Waals surface area contributed by atoms with Crippen molar-refractivity contribution in [3.8, 4) is 0 Å². The van der Waals surface area contributed by atoms with Crippen LogP contribution in [0.2, 0.25) is 5.02 Å². The Morgan fingerprint density at radius 3 is 1.73 bits per heavy atom. The lowest BCUT2D eigenvalue weighted by atomic mass is 9.77. The van der Waals surface area contributed by atoms with Gasteiger partial charge in [0.1, 0.15) is 11.2 Å². The number of carbonyl (C=O) groups is 2. The number of hydrogen-bond donors (Lipinski definition) is 5. The second kappa shape index (κ2) is 17.7. The van der Waals surface area contributed by atoms with Gasteiger partial charge in [0.05, 0.1) is 4.99 Å². The number of ether oxygens (including phenoxy) is 2. The molecule has 0 heterocycles. The molecule has 0 bridgehead atoms. The lowest BCUT2D eigenvalue weighted by Gasteiger charge is -2.29.